The molecular weight excluding hydrogens is 280 g/mol. The van der Waals surface area contributed by atoms with Crippen molar-refractivity contribution in [3.8, 4) is 0 Å². The molecule has 6 nitrogen and oxygen atoms in total. The van der Waals surface area contributed by atoms with Crippen molar-refractivity contribution < 1.29 is 0 Å². The molecule has 0 saturated heterocycles. The molecule has 1 rings (SSSR count). The highest BCUT2D eigenvalue weighted by Crippen LogP contribution is 2.08. The van der Waals surface area contributed by atoms with Gasteiger partial charge in [-0.2, -0.15) is 15.0 Å². The summed E-state index contributed by atoms with van der Waals surface area (Å²) in [6.07, 6.45) is 0. The summed E-state index contributed by atoms with van der Waals surface area (Å²) in [4.78, 5) is 11.3. The Morgan fingerprint density at radius 2 is 1.45 bits per heavy atom. The van der Waals surface area contributed by atoms with Gasteiger partial charge >= 0.3 is 0 Å². The van der Waals surface area contributed by atoms with Crippen LogP contribution < -0.4 is 14.4 Å². The second kappa shape index (κ2) is 3.67. The van der Waals surface area contributed by atoms with Crippen LogP contribution in [0.5, 0.6) is 0 Å². The highest BCUT2D eigenvalue weighted by Gasteiger charge is 2.00. The van der Waals surface area contributed by atoms with Gasteiger partial charge in [0.1, 0.15) is 0 Å². The molecule has 1 aromatic heterocycles. The van der Waals surface area contributed by atoms with Crippen LogP contribution in [0.1, 0.15) is 0 Å². The molecule has 0 aliphatic carbocycles. The second-order valence-electron chi connectivity index (χ2n) is 1.53. The SMILES string of the molecule is Nc1nc(NBr)nc(NBr)n1. The summed E-state index contributed by atoms with van der Waals surface area (Å²) >= 11 is 5.91. The lowest BCUT2D eigenvalue weighted by Crippen LogP contribution is -2.02. The van der Waals surface area contributed by atoms with Crippen LogP contribution >= 0.6 is 32.3 Å². The maximum atomic E-state index is 5.33. The lowest BCUT2D eigenvalue weighted by molar-refractivity contribution is 1.10. The van der Waals surface area contributed by atoms with Gasteiger partial charge in [0, 0.05) is 32.3 Å². The van der Waals surface area contributed by atoms with Gasteiger partial charge in [0.25, 0.3) is 0 Å². The van der Waals surface area contributed by atoms with E-state index in [4.69, 9.17) is 5.73 Å². The van der Waals surface area contributed by atoms with Crippen LogP contribution in [0.4, 0.5) is 17.8 Å². The van der Waals surface area contributed by atoms with Crippen LogP contribution in [0, 0.1) is 0 Å². The van der Waals surface area contributed by atoms with Crippen molar-refractivity contribution in [2.45, 2.75) is 0 Å². The van der Waals surface area contributed by atoms with Crippen molar-refractivity contribution in [3.05, 3.63) is 0 Å². The topological polar surface area (TPSA) is 88.8 Å². The Bertz CT molecular complexity index is 229. The summed E-state index contributed by atoms with van der Waals surface area (Å²) in [6, 6.07) is 0. The zero-order valence-electron chi connectivity index (χ0n) is 5.17. The zero-order chi connectivity index (χ0) is 8.27. The third-order valence-corrected chi connectivity index (χ3v) is 1.53. The van der Waals surface area contributed by atoms with Crippen molar-refractivity contribution >= 4 is 50.1 Å². The van der Waals surface area contributed by atoms with Gasteiger partial charge in [-0.1, -0.05) is 0 Å². The summed E-state index contributed by atoms with van der Waals surface area (Å²) in [6.45, 7) is 0. The Hall–Kier alpha value is -0.630. The number of anilines is 3. The molecule has 0 spiro atoms. The third kappa shape index (κ3) is 2.15. The van der Waals surface area contributed by atoms with Crippen molar-refractivity contribution in [2.75, 3.05) is 14.4 Å². The first-order chi connectivity index (χ1) is 5.26. The number of rotatable bonds is 2. The van der Waals surface area contributed by atoms with Crippen LogP contribution in [0.2, 0.25) is 0 Å². The lowest BCUT2D eigenvalue weighted by atomic mass is 10.9. The number of nitrogens with one attached hydrogen (secondary N) is 2. The summed E-state index contributed by atoms with van der Waals surface area (Å²) in [7, 11) is 0. The zero-order valence-corrected chi connectivity index (χ0v) is 8.35. The van der Waals surface area contributed by atoms with E-state index in [1.165, 1.54) is 0 Å². The molecule has 0 radical (unpaired) electrons. The van der Waals surface area contributed by atoms with E-state index < -0.39 is 0 Å². The van der Waals surface area contributed by atoms with Crippen molar-refractivity contribution in [2.24, 2.45) is 0 Å². The van der Waals surface area contributed by atoms with Crippen LogP contribution in [0.15, 0.2) is 0 Å². The molecular formula is C3H4Br2N6. The van der Waals surface area contributed by atoms with Crippen molar-refractivity contribution in [1.29, 1.82) is 0 Å². The second-order valence-corrected chi connectivity index (χ2v) is 2.32. The molecule has 0 amide bonds. The van der Waals surface area contributed by atoms with Gasteiger partial charge in [0.2, 0.25) is 17.8 Å². The largest absolute Gasteiger partial charge is 0.368 e. The van der Waals surface area contributed by atoms with Crippen molar-refractivity contribution in [1.82, 2.24) is 15.0 Å². The highest BCUT2D eigenvalue weighted by atomic mass is 79.9. The minimum atomic E-state index is 0.143. The summed E-state index contributed by atoms with van der Waals surface area (Å²) in [5.41, 5.74) is 5.33. The summed E-state index contributed by atoms with van der Waals surface area (Å²) in [5.74, 6) is 0.836. The van der Waals surface area contributed by atoms with E-state index in [0.717, 1.165) is 0 Å². The van der Waals surface area contributed by atoms with Gasteiger partial charge in [-0.25, -0.2) is 0 Å². The highest BCUT2D eigenvalue weighted by molar-refractivity contribution is 9.10. The molecule has 4 N–H and O–H groups in total. The first kappa shape index (κ1) is 8.47. The molecule has 60 valence electrons. The number of nitrogens with zero attached hydrogens (tertiary/aromatic N) is 3. The molecule has 0 bridgehead atoms. The molecule has 0 aliphatic heterocycles. The molecule has 1 aromatic rings. The number of nitrogens with two attached hydrogens (primary N) is 1. The molecule has 11 heavy (non-hydrogen) atoms. The Kier molecular flexibility index (Phi) is 2.83. The minimum Gasteiger partial charge on any atom is -0.368 e. The normalized spacial score (nSPS) is 9.27. The van der Waals surface area contributed by atoms with E-state index in [9.17, 15) is 0 Å². The van der Waals surface area contributed by atoms with E-state index in [1.54, 1.807) is 0 Å². The predicted octanol–water partition coefficient (Wildman–Crippen LogP) is 0.897. The molecule has 0 saturated carbocycles. The fraction of sp³-hybridized carbons (Fsp3) is 0. The fourth-order valence-corrected chi connectivity index (χ4v) is 0.831. The maximum absolute atomic E-state index is 5.33. The Balaban J connectivity index is 3.02. The number of hydrogen-bond donors (Lipinski definition) is 3. The fourth-order valence-electron chi connectivity index (χ4n) is 0.477. The average Bonchev–Trinajstić information content (AvgIpc) is 2.03. The lowest BCUT2D eigenvalue weighted by Gasteiger charge is -1.99. The maximum Gasteiger partial charge on any atom is 0.239 e. The van der Waals surface area contributed by atoms with Gasteiger partial charge in [-0.3, -0.25) is 8.69 Å². The Morgan fingerprint density at radius 3 is 1.82 bits per heavy atom. The van der Waals surface area contributed by atoms with Crippen LogP contribution in [0.3, 0.4) is 0 Å². The Morgan fingerprint density at radius 1 is 1.00 bits per heavy atom. The smallest absolute Gasteiger partial charge is 0.239 e. The van der Waals surface area contributed by atoms with Crippen molar-refractivity contribution in [3.63, 3.8) is 0 Å². The molecule has 8 heteroatoms. The molecule has 0 aromatic carbocycles. The van der Waals surface area contributed by atoms with Crippen LogP contribution in [-0.4, -0.2) is 15.0 Å². The quantitative estimate of drug-likeness (QED) is 0.699. The van der Waals surface area contributed by atoms with Gasteiger partial charge in [-0.15, -0.1) is 0 Å². The monoisotopic (exact) mass is 282 g/mol. The first-order valence-electron chi connectivity index (χ1n) is 2.51. The number of halogens is 2. The standard InChI is InChI=1S/C3H4Br2N6/c4-10-2-7-1(6)8-3(9-2)11-5/h(H4,6,7,8,9,10,11). The molecule has 0 atom stereocenters. The average molecular weight is 284 g/mol. The molecule has 0 unspecified atom stereocenters. The van der Waals surface area contributed by atoms with Gasteiger partial charge in [0.15, 0.2) is 0 Å². The summed E-state index contributed by atoms with van der Waals surface area (Å²) < 4.78 is 5.10. The van der Waals surface area contributed by atoms with Crippen LogP contribution in [0.25, 0.3) is 0 Å². The third-order valence-electron chi connectivity index (χ3n) is 0.822. The minimum absolute atomic E-state index is 0.143. The number of aromatic nitrogens is 3. The number of hydrogen-bond acceptors (Lipinski definition) is 6. The predicted molar refractivity (Wildman–Crippen MR) is 49.3 cm³/mol. The molecule has 1 heterocycles. The summed E-state index contributed by atoms with van der Waals surface area (Å²) in [5, 5.41) is 0. The van der Waals surface area contributed by atoms with E-state index >= 15 is 0 Å². The number of nitrogen functional groups attached to an aromatic ring is 1. The molecule has 0 aliphatic rings. The van der Waals surface area contributed by atoms with Gasteiger partial charge < -0.3 is 5.73 Å². The van der Waals surface area contributed by atoms with Crippen LogP contribution in [-0.2, 0) is 0 Å². The first-order valence-corrected chi connectivity index (χ1v) is 4.09. The van der Waals surface area contributed by atoms with Gasteiger partial charge in [0.05, 0.1) is 0 Å². The Labute approximate surface area is 79.7 Å². The van der Waals surface area contributed by atoms with E-state index in [2.05, 4.69) is 55.9 Å². The van der Waals surface area contributed by atoms with E-state index in [-0.39, 0.29) is 5.95 Å². The van der Waals surface area contributed by atoms with E-state index in [0.29, 0.717) is 11.9 Å². The van der Waals surface area contributed by atoms with Gasteiger partial charge in [-0.05, 0) is 0 Å². The van der Waals surface area contributed by atoms with E-state index in [1.807, 2.05) is 0 Å². The molecule has 0 fully saturated rings.